The van der Waals surface area contributed by atoms with Gasteiger partial charge in [-0.25, -0.2) is 0 Å². The highest BCUT2D eigenvalue weighted by Crippen LogP contribution is 2.39. The summed E-state index contributed by atoms with van der Waals surface area (Å²) in [5, 5.41) is 12.4. The Morgan fingerprint density at radius 1 is 1.20 bits per heavy atom. The minimum atomic E-state index is -0.274. The number of carbonyl (C=O) groups excluding carboxylic acids is 1. The molecule has 2 aromatic heterocycles. The van der Waals surface area contributed by atoms with Crippen molar-refractivity contribution in [2.45, 2.75) is 25.7 Å². The number of hydrogen-bond acceptors (Lipinski definition) is 6. The van der Waals surface area contributed by atoms with Crippen LogP contribution in [-0.2, 0) is 0 Å². The summed E-state index contributed by atoms with van der Waals surface area (Å²) in [6, 6.07) is 11.5. The molecule has 30 heavy (non-hydrogen) atoms. The van der Waals surface area contributed by atoms with E-state index in [1.807, 2.05) is 43.3 Å². The lowest BCUT2D eigenvalue weighted by Gasteiger charge is -2.11. The van der Waals surface area contributed by atoms with E-state index in [0.717, 1.165) is 35.1 Å². The van der Waals surface area contributed by atoms with Gasteiger partial charge in [0.15, 0.2) is 5.69 Å². The van der Waals surface area contributed by atoms with Crippen LogP contribution in [0, 0.1) is 6.92 Å². The molecule has 2 heterocycles. The van der Waals surface area contributed by atoms with Crippen LogP contribution in [0.25, 0.3) is 16.7 Å². The Morgan fingerprint density at radius 3 is 2.77 bits per heavy atom. The number of nitrogens with zero attached hydrogens (tertiary/aromatic N) is 3. The fraction of sp³-hybridized carbons (Fsp3) is 0.174. The molecule has 0 atom stereocenters. The second kappa shape index (κ2) is 8.51. The number of pyridine rings is 1. The highest BCUT2D eigenvalue weighted by atomic mass is 32.1. The average molecular weight is 416 g/mol. The number of allylic oxidation sites excluding steroid dienone is 1. The molecule has 1 aliphatic carbocycles. The van der Waals surface area contributed by atoms with Gasteiger partial charge in [0.2, 0.25) is 0 Å². The molecule has 0 bridgehead atoms. The second-order valence-corrected chi connectivity index (χ2v) is 7.54. The normalized spacial score (nSPS) is 13.7. The molecule has 0 saturated heterocycles. The van der Waals surface area contributed by atoms with Gasteiger partial charge in [-0.2, -0.15) is 5.10 Å². The number of thiocarbonyl (C=S) groups is 1. The summed E-state index contributed by atoms with van der Waals surface area (Å²) in [5.41, 5.74) is 12.1. The van der Waals surface area contributed by atoms with Crippen molar-refractivity contribution in [3.8, 4) is 11.1 Å². The summed E-state index contributed by atoms with van der Waals surface area (Å²) in [6.07, 6.45) is 7.19. The number of anilines is 1. The Hall–Kier alpha value is -3.45. The predicted octanol–water partition coefficient (Wildman–Crippen LogP) is 4.28. The number of benzene rings is 1. The SMILES string of the molecule is Cc1ccc(NC(=O)c2cc(C3CC3)cnn2)cc1-c1ccnc(/C(C=S)=C/N)c1. The third-order valence-corrected chi connectivity index (χ3v) is 5.38. The molecule has 0 aliphatic heterocycles. The third-order valence-electron chi connectivity index (χ3n) is 5.13. The van der Waals surface area contributed by atoms with Gasteiger partial charge in [-0.15, -0.1) is 5.10 Å². The predicted molar refractivity (Wildman–Crippen MR) is 122 cm³/mol. The first-order valence-electron chi connectivity index (χ1n) is 9.67. The summed E-state index contributed by atoms with van der Waals surface area (Å²) in [5.74, 6) is 0.239. The average Bonchev–Trinajstić information content (AvgIpc) is 3.62. The zero-order valence-electron chi connectivity index (χ0n) is 16.5. The van der Waals surface area contributed by atoms with Crippen LogP contribution in [0.1, 0.15) is 46.1 Å². The first-order valence-corrected chi connectivity index (χ1v) is 10.1. The van der Waals surface area contributed by atoms with Gasteiger partial charge in [0.1, 0.15) is 0 Å². The summed E-state index contributed by atoms with van der Waals surface area (Å²) >= 11 is 5.01. The smallest absolute Gasteiger partial charge is 0.276 e. The van der Waals surface area contributed by atoms with Gasteiger partial charge in [0.25, 0.3) is 5.91 Å². The third kappa shape index (κ3) is 4.26. The van der Waals surface area contributed by atoms with E-state index in [4.69, 9.17) is 18.0 Å². The molecule has 1 aromatic carbocycles. The van der Waals surface area contributed by atoms with Crippen molar-refractivity contribution in [3.63, 3.8) is 0 Å². The molecule has 3 N–H and O–H groups in total. The van der Waals surface area contributed by atoms with E-state index in [-0.39, 0.29) is 5.91 Å². The molecule has 0 spiro atoms. The Bertz CT molecular complexity index is 1150. The lowest BCUT2D eigenvalue weighted by atomic mass is 9.99. The zero-order valence-corrected chi connectivity index (χ0v) is 17.3. The lowest BCUT2D eigenvalue weighted by Crippen LogP contribution is -2.14. The largest absolute Gasteiger partial charge is 0.404 e. The monoisotopic (exact) mass is 415 g/mol. The van der Waals surface area contributed by atoms with Crippen LogP contribution >= 0.6 is 12.2 Å². The molecule has 1 fully saturated rings. The maximum Gasteiger partial charge on any atom is 0.276 e. The molecule has 7 heteroatoms. The zero-order chi connectivity index (χ0) is 21.1. The Kier molecular flexibility index (Phi) is 5.63. The van der Waals surface area contributed by atoms with E-state index in [0.29, 0.717) is 28.6 Å². The first-order chi connectivity index (χ1) is 14.6. The maximum absolute atomic E-state index is 12.7. The molecule has 0 radical (unpaired) electrons. The van der Waals surface area contributed by atoms with E-state index < -0.39 is 0 Å². The second-order valence-electron chi connectivity index (χ2n) is 7.30. The maximum atomic E-state index is 12.7. The number of nitrogens with one attached hydrogen (secondary N) is 1. The van der Waals surface area contributed by atoms with Crippen LogP contribution in [0.4, 0.5) is 5.69 Å². The molecule has 6 nitrogen and oxygen atoms in total. The molecular weight excluding hydrogens is 394 g/mol. The summed E-state index contributed by atoms with van der Waals surface area (Å²) in [6.45, 7) is 2.02. The first kappa shape index (κ1) is 19.8. The van der Waals surface area contributed by atoms with Gasteiger partial charge in [0.05, 0.1) is 11.9 Å². The van der Waals surface area contributed by atoms with Crippen LogP contribution < -0.4 is 11.1 Å². The van der Waals surface area contributed by atoms with Gasteiger partial charge >= 0.3 is 0 Å². The van der Waals surface area contributed by atoms with Crippen LogP contribution in [0.5, 0.6) is 0 Å². The number of amides is 1. The molecule has 4 rings (SSSR count). The van der Waals surface area contributed by atoms with E-state index in [1.165, 1.54) is 11.6 Å². The van der Waals surface area contributed by atoms with E-state index in [9.17, 15) is 4.79 Å². The van der Waals surface area contributed by atoms with Crippen molar-refractivity contribution in [3.05, 3.63) is 77.5 Å². The molecule has 1 saturated carbocycles. The Balaban J connectivity index is 1.61. The summed E-state index contributed by atoms with van der Waals surface area (Å²) in [7, 11) is 0. The molecule has 150 valence electrons. The fourth-order valence-electron chi connectivity index (χ4n) is 3.28. The van der Waals surface area contributed by atoms with Crippen LogP contribution in [-0.4, -0.2) is 26.5 Å². The van der Waals surface area contributed by atoms with Gasteiger partial charge < -0.3 is 11.1 Å². The molecule has 0 unspecified atom stereocenters. The quantitative estimate of drug-likeness (QED) is 0.461. The molecule has 1 amide bonds. The topological polar surface area (TPSA) is 93.8 Å². The van der Waals surface area contributed by atoms with Crippen molar-refractivity contribution >= 4 is 34.8 Å². The number of aryl methyl sites for hydroxylation is 1. The van der Waals surface area contributed by atoms with Crippen LogP contribution in [0.3, 0.4) is 0 Å². The number of aromatic nitrogens is 3. The molecule has 1 aliphatic rings. The van der Waals surface area contributed by atoms with Gasteiger partial charge in [-0.3, -0.25) is 9.78 Å². The van der Waals surface area contributed by atoms with Crippen LogP contribution in [0.15, 0.2) is 55.0 Å². The number of carbonyl (C=O) groups is 1. The highest BCUT2D eigenvalue weighted by molar-refractivity contribution is 7.79. The van der Waals surface area contributed by atoms with Gasteiger partial charge in [-0.1, -0.05) is 18.3 Å². The Labute approximate surface area is 180 Å². The van der Waals surface area contributed by atoms with Crippen molar-refractivity contribution in [1.29, 1.82) is 0 Å². The van der Waals surface area contributed by atoms with Crippen molar-refractivity contribution in [2.24, 2.45) is 5.73 Å². The van der Waals surface area contributed by atoms with Crippen molar-refractivity contribution in [2.75, 3.05) is 5.32 Å². The molecular formula is C23H21N5OS. The van der Waals surface area contributed by atoms with E-state index >= 15 is 0 Å². The van der Waals surface area contributed by atoms with E-state index in [2.05, 4.69) is 20.5 Å². The highest BCUT2D eigenvalue weighted by Gasteiger charge is 2.25. The van der Waals surface area contributed by atoms with Gasteiger partial charge in [0, 0.05) is 29.0 Å². The summed E-state index contributed by atoms with van der Waals surface area (Å²) < 4.78 is 0. The number of rotatable bonds is 6. The standard InChI is InChI=1S/C23H21N5OS/c1-14-2-5-19(27-23(29)22-9-17(12-26-28-22)15-3-4-15)10-20(14)16-6-7-25-21(8-16)18(11-24)13-30/h2,5-13,15H,3-4,24H2,1H3,(H,27,29)/b18-11+. The van der Waals surface area contributed by atoms with Crippen LogP contribution in [0.2, 0.25) is 0 Å². The minimum Gasteiger partial charge on any atom is -0.404 e. The Morgan fingerprint density at radius 2 is 2.03 bits per heavy atom. The van der Waals surface area contributed by atoms with E-state index in [1.54, 1.807) is 12.4 Å². The van der Waals surface area contributed by atoms with Crippen molar-refractivity contribution in [1.82, 2.24) is 15.2 Å². The lowest BCUT2D eigenvalue weighted by molar-refractivity contribution is 0.102. The fourth-order valence-corrected chi connectivity index (χ4v) is 3.48. The number of hydrogen-bond donors (Lipinski definition) is 2. The van der Waals surface area contributed by atoms with Gasteiger partial charge in [-0.05, 0) is 78.3 Å². The molecule has 3 aromatic rings. The number of nitrogens with two attached hydrogens (primary N) is 1. The minimum absolute atomic E-state index is 0.274. The summed E-state index contributed by atoms with van der Waals surface area (Å²) in [4.78, 5) is 17.0. The van der Waals surface area contributed by atoms with Crippen molar-refractivity contribution < 1.29 is 4.79 Å².